The smallest absolute Gasteiger partial charge is 0.407 e. The van der Waals surface area contributed by atoms with Crippen LogP contribution in [0.4, 0.5) is 4.79 Å². The van der Waals surface area contributed by atoms with E-state index in [9.17, 15) is 14.9 Å². The minimum atomic E-state index is -0.697. The van der Waals surface area contributed by atoms with Gasteiger partial charge in [0.2, 0.25) is 5.91 Å². The number of hydrogen-bond acceptors (Lipinski definition) is 5. The van der Waals surface area contributed by atoms with E-state index in [1.165, 1.54) is 0 Å². The van der Waals surface area contributed by atoms with Crippen molar-refractivity contribution in [3.8, 4) is 6.07 Å². The lowest BCUT2D eigenvalue weighted by Crippen LogP contribution is -2.56. The first kappa shape index (κ1) is 22.5. The summed E-state index contributed by atoms with van der Waals surface area (Å²) in [7, 11) is 0. The normalized spacial score (nSPS) is 23.9. The lowest BCUT2D eigenvalue weighted by atomic mass is 9.82. The number of nitrogens with one attached hydrogen (secondary N) is 2. The van der Waals surface area contributed by atoms with Gasteiger partial charge in [-0.2, -0.15) is 5.26 Å². The number of ether oxygens (including phenoxy) is 1. The van der Waals surface area contributed by atoms with Crippen LogP contribution in [0.2, 0.25) is 0 Å². The lowest BCUT2D eigenvalue weighted by Gasteiger charge is -2.38. The quantitative estimate of drug-likeness (QED) is 0.750. The third-order valence-electron chi connectivity index (χ3n) is 5.70. The van der Waals surface area contributed by atoms with Crippen molar-refractivity contribution in [2.24, 2.45) is 5.92 Å². The van der Waals surface area contributed by atoms with E-state index in [2.05, 4.69) is 21.6 Å². The van der Waals surface area contributed by atoms with Gasteiger partial charge in [-0.05, 0) is 65.8 Å². The van der Waals surface area contributed by atoms with Gasteiger partial charge in [0.05, 0.1) is 12.1 Å². The second-order valence-electron chi connectivity index (χ2n) is 9.31. The molecule has 2 aliphatic rings. The Hall–Kier alpha value is -1.81. The number of alkyl carbamates (subject to hydrolysis) is 1. The molecule has 7 nitrogen and oxygen atoms in total. The summed E-state index contributed by atoms with van der Waals surface area (Å²) in [5.41, 5.74) is -1.21. The van der Waals surface area contributed by atoms with Crippen LogP contribution in [0.15, 0.2) is 0 Å². The van der Waals surface area contributed by atoms with E-state index in [1.807, 2.05) is 27.7 Å². The fraction of sp³-hybridized carbons (Fsp3) is 0.857. The van der Waals surface area contributed by atoms with Crippen LogP contribution in [-0.4, -0.2) is 53.7 Å². The van der Waals surface area contributed by atoms with E-state index in [0.717, 1.165) is 58.0 Å². The standard InChI is InChI=1S/C21H36N4O3/c1-16(18(26)24-21(15-22)10-6-5-7-11-21)25-12-8-9-17(14-25)13-23-19(27)28-20(2,3)4/h16-17H,5-14H2,1-4H3,(H,23,27)(H,24,26). The predicted octanol–water partition coefficient (Wildman–Crippen LogP) is 2.95. The molecule has 0 aromatic heterocycles. The van der Waals surface area contributed by atoms with Gasteiger partial charge in [-0.15, -0.1) is 0 Å². The summed E-state index contributed by atoms with van der Waals surface area (Å²) in [4.78, 5) is 26.8. The van der Waals surface area contributed by atoms with Crippen molar-refractivity contribution < 1.29 is 14.3 Å². The fourth-order valence-corrected chi connectivity index (χ4v) is 4.08. The van der Waals surface area contributed by atoms with E-state index in [-0.39, 0.29) is 17.9 Å². The number of carbonyl (C=O) groups is 2. The third kappa shape index (κ3) is 6.66. The van der Waals surface area contributed by atoms with Crippen molar-refractivity contribution in [1.82, 2.24) is 15.5 Å². The molecule has 2 unspecified atom stereocenters. The molecule has 2 rings (SSSR count). The number of hydrogen-bond donors (Lipinski definition) is 2. The van der Waals surface area contributed by atoms with E-state index in [1.54, 1.807) is 0 Å². The molecular formula is C21H36N4O3. The SMILES string of the molecule is CC(C(=O)NC1(C#N)CCCCC1)N1CCCC(CNC(=O)OC(C)(C)C)C1. The Morgan fingerprint density at radius 3 is 2.54 bits per heavy atom. The molecule has 2 amide bonds. The Kier molecular flexibility index (Phi) is 7.70. The molecule has 2 atom stereocenters. The van der Waals surface area contributed by atoms with Gasteiger partial charge >= 0.3 is 6.09 Å². The van der Waals surface area contributed by atoms with Crippen molar-refractivity contribution >= 4 is 12.0 Å². The van der Waals surface area contributed by atoms with Crippen molar-refractivity contribution in [2.75, 3.05) is 19.6 Å². The molecule has 0 spiro atoms. The highest BCUT2D eigenvalue weighted by Crippen LogP contribution is 2.28. The van der Waals surface area contributed by atoms with E-state index in [4.69, 9.17) is 4.74 Å². The molecule has 0 bridgehead atoms. The zero-order valence-electron chi connectivity index (χ0n) is 17.8. The average Bonchev–Trinajstić information content (AvgIpc) is 2.65. The molecule has 1 saturated heterocycles. The number of nitriles is 1. The molecule has 0 aromatic rings. The molecule has 1 aliphatic heterocycles. The van der Waals surface area contributed by atoms with Crippen LogP contribution in [-0.2, 0) is 9.53 Å². The Balaban J connectivity index is 1.84. The molecule has 28 heavy (non-hydrogen) atoms. The van der Waals surface area contributed by atoms with E-state index < -0.39 is 17.2 Å². The van der Waals surface area contributed by atoms with Gasteiger partial charge in [0.15, 0.2) is 0 Å². The Morgan fingerprint density at radius 1 is 1.25 bits per heavy atom. The zero-order chi connectivity index (χ0) is 20.8. The second kappa shape index (κ2) is 9.60. The first-order chi connectivity index (χ1) is 13.1. The van der Waals surface area contributed by atoms with E-state index >= 15 is 0 Å². The molecule has 2 N–H and O–H groups in total. The van der Waals surface area contributed by atoms with Crippen molar-refractivity contribution in [1.29, 1.82) is 5.26 Å². The fourth-order valence-electron chi connectivity index (χ4n) is 4.08. The molecular weight excluding hydrogens is 356 g/mol. The number of carbonyl (C=O) groups excluding carboxylic acids is 2. The molecule has 158 valence electrons. The summed E-state index contributed by atoms with van der Waals surface area (Å²) >= 11 is 0. The highest BCUT2D eigenvalue weighted by atomic mass is 16.6. The lowest BCUT2D eigenvalue weighted by molar-refractivity contribution is -0.128. The van der Waals surface area contributed by atoms with Crippen LogP contribution in [0.3, 0.4) is 0 Å². The summed E-state index contributed by atoms with van der Waals surface area (Å²) in [6, 6.07) is 2.07. The topological polar surface area (TPSA) is 94.5 Å². The molecule has 0 aromatic carbocycles. The Morgan fingerprint density at radius 2 is 1.93 bits per heavy atom. The van der Waals surface area contributed by atoms with Crippen LogP contribution in [0.1, 0.15) is 72.6 Å². The third-order valence-corrected chi connectivity index (χ3v) is 5.70. The maximum Gasteiger partial charge on any atom is 0.407 e. The van der Waals surface area contributed by atoms with Crippen molar-refractivity contribution in [3.05, 3.63) is 0 Å². The zero-order valence-corrected chi connectivity index (χ0v) is 17.8. The van der Waals surface area contributed by atoms with Crippen LogP contribution in [0.25, 0.3) is 0 Å². The van der Waals surface area contributed by atoms with E-state index in [0.29, 0.717) is 6.54 Å². The van der Waals surface area contributed by atoms with Gasteiger partial charge < -0.3 is 15.4 Å². The first-order valence-corrected chi connectivity index (χ1v) is 10.6. The monoisotopic (exact) mass is 392 g/mol. The van der Waals surface area contributed by atoms with Gasteiger partial charge in [-0.1, -0.05) is 19.3 Å². The average molecular weight is 393 g/mol. The highest BCUT2D eigenvalue weighted by molar-refractivity contribution is 5.82. The molecule has 0 radical (unpaired) electrons. The molecule has 1 heterocycles. The van der Waals surface area contributed by atoms with Crippen molar-refractivity contribution in [3.63, 3.8) is 0 Å². The van der Waals surface area contributed by atoms with Gasteiger partial charge in [0.25, 0.3) is 0 Å². The van der Waals surface area contributed by atoms with Crippen LogP contribution in [0.5, 0.6) is 0 Å². The minimum Gasteiger partial charge on any atom is -0.444 e. The van der Waals surface area contributed by atoms with Crippen LogP contribution in [0, 0.1) is 17.2 Å². The maximum absolute atomic E-state index is 12.8. The molecule has 1 saturated carbocycles. The second-order valence-corrected chi connectivity index (χ2v) is 9.31. The summed E-state index contributed by atoms with van der Waals surface area (Å²) < 4.78 is 5.29. The molecule has 2 fully saturated rings. The largest absolute Gasteiger partial charge is 0.444 e. The van der Waals surface area contributed by atoms with Gasteiger partial charge in [0.1, 0.15) is 11.1 Å². The number of nitrogens with zero attached hydrogens (tertiary/aromatic N) is 2. The molecule has 1 aliphatic carbocycles. The summed E-state index contributed by atoms with van der Waals surface area (Å²) in [6.45, 7) is 9.59. The number of rotatable bonds is 5. The number of amides is 2. The Labute approximate surface area is 169 Å². The minimum absolute atomic E-state index is 0.0656. The number of piperidine rings is 1. The number of likely N-dealkylation sites (tertiary alicyclic amines) is 1. The van der Waals surface area contributed by atoms with Gasteiger partial charge in [-0.3, -0.25) is 9.69 Å². The van der Waals surface area contributed by atoms with Crippen LogP contribution >= 0.6 is 0 Å². The van der Waals surface area contributed by atoms with Crippen LogP contribution < -0.4 is 10.6 Å². The first-order valence-electron chi connectivity index (χ1n) is 10.6. The maximum atomic E-state index is 12.8. The van der Waals surface area contributed by atoms with Gasteiger partial charge in [0, 0.05) is 13.1 Å². The summed E-state index contributed by atoms with van der Waals surface area (Å²) in [5.74, 6) is 0.223. The summed E-state index contributed by atoms with van der Waals surface area (Å²) in [5, 5.41) is 15.5. The molecule has 7 heteroatoms. The van der Waals surface area contributed by atoms with Gasteiger partial charge in [-0.25, -0.2) is 4.79 Å². The highest BCUT2D eigenvalue weighted by Gasteiger charge is 2.36. The summed E-state index contributed by atoms with van der Waals surface area (Å²) in [6.07, 6.45) is 6.20. The predicted molar refractivity (Wildman–Crippen MR) is 108 cm³/mol. The van der Waals surface area contributed by atoms with Crippen molar-refractivity contribution in [2.45, 2.75) is 89.8 Å². The Bertz CT molecular complexity index is 587.